The molecular weight excluding hydrogens is 564 g/mol. The largest absolute Gasteiger partial charge is 0.396 e. The molecule has 0 radical (unpaired) electrons. The molecule has 3 fully saturated rings. The summed E-state index contributed by atoms with van der Waals surface area (Å²) >= 11 is 1.70. The molecule has 3 saturated heterocycles. The number of unbranched alkanes of at least 4 members (excludes halogenated alkanes) is 2. The first-order valence-corrected chi connectivity index (χ1v) is 16.4. The number of fused-ring (bicyclic) bond motifs is 2. The highest BCUT2D eigenvalue weighted by atomic mass is 32.2. The topological polar surface area (TPSA) is 112 Å². The van der Waals surface area contributed by atoms with Crippen LogP contribution in [0.25, 0.3) is 11.0 Å². The predicted molar refractivity (Wildman–Crippen MR) is 168 cm³/mol. The molecule has 11 heteroatoms. The molecule has 4 heterocycles. The van der Waals surface area contributed by atoms with E-state index in [9.17, 15) is 19.5 Å². The number of amides is 3. The van der Waals surface area contributed by atoms with E-state index in [0.29, 0.717) is 32.5 Å². The molecule has 1 N–H and O–H groups in total. The molecule has 5 rings (SSSR count). The lowest BCUT2D eigenvalue weighted by molar-refractivity contribution is -0.145. The number of aromatic nitrogens is 3. The number of aliphatic hydroxyl groups is 1. The third-order valence-corrected chi connectivity index (χ3v) is 11.4. The zero-order valence-electron chi connectivity index (χ0n) is 25.3. The Morgan fingerprint density at radius 2 is 1.88 bits per heavy atom. The number of hydrogen-bond donors (Lipinski definition) is 1. The van der Waals surface area contributed by atoms with Crippen molar-refractivity contribution >= 4 is 40.5 Å². The van der Waals surface area contributed by atoms with Gasteiger partial charge in [0.1, 0.15) is 18.2 Å². The molecule has 10 nitrogen and oxygen atoms in total. The van der Waals surface area contributed by atoms with E-state index >= 15 is 0 Å². The molecule has 3 aliphatic rings. The zero-order valence-corrected chi connectivity index (χ0v) is 26.1. The lowest BCUT2D eigenvalue weighted by Gasteiger charge is -2.41. The lowest BCUT2D eigenvalue weighted by Crippen LogP contribution is -2.57. The van der Waals surface area contributed by atoms with Gasteiger partial charge < -0.3 is 19.8 Å². The second-order valence-corrected chi connectivity index (χ2v) is 13.6. The molecule has 43 heavy (non-hydrogen) atoms. The summed E-state index contributed by atoms with van der Waals surface area (Å²) in [6.45, 7) is 13.9. The van der Waals surface area contributed by atoms with Gasteiger partial charge in [0.2, 0.25) is 17.7 Å². The molecule has 0 saturated carbocycles. The first kappa shape index (κ1) is 31.3. The fourth-order valence-electron chi connectivity index (χ4n) is 7.55. The highest BCUT2D eigenvalue weighted by Gasteiger charge is 2.76. The summed E-state index contributed by atoms with van der Waals surface area (Å²) in [4.78, 5) is 48.7. The van der Waals surface area contributed by atoms with Gasteiger partial charge in [-0.2, -0.15) is 0 Å². The van der Waals surface area contributed by atoms with Gasteiger partial charge in [0.25, 0.3) is 0 Å². The van der Waals surface area contributed by atoms with Crippen LogP contribution in [0.2, 0.25) is 0 Å². The van der Waals surface area contributed by atoms with Crippen molar-refractivity contribution in [1.82, 2.24) is 29.7 Å². The quantitative estimate of drug-likeness (QED) is 0.244. The standard InChI is InChI=1S/C32H44N6O4S/c1-5-15-35(16-6-2)29(40)26-25-20-22(4)32(43-25)27(26)30(41)37(18-11-8-12-19-39)28(32)31(42)36(17-7-3)21-38-24-14-10-9-13-23(24)33-34-38/h5,7,9-10,13-14,22,25-28,39H,1,3,6,8,11-12,15-21H2,2,4H3/t22?,25-,26+,27-,28?,32?/m0/s1. The predicted octanol–water partition coefficient (Wildman–Crippen LogP) is 3.33. The lowest BCUT2D eigenvalue weighted by atomic mass is 9.65. The van der Waals surface area contributed by atoms with Crippen molar-refractivity contribution < 1.29 is 19.5 Å². The number of likely N-dealkylation sites (tertiary alicyclic amines) is 1. The molecular formula is C32H44N6O4S. The number of carbonyl (C=O) groups excluding carboxylic acids is 3. The monoisotopic (exact) mass is 608 g/mol. The fourth-order valence-corrected chi connectivity index (χ4v) is 9.96. The Hall–Kier alpha value is -3.18. The third kappa shape index (κ3) is 5.39. The van der Waals surface area contributed by atoms with Crippen LogP contribution in [-0.2, 0) is 21.1 Å². The number of aliphatic hydroxyl groups excluding tert-OH is 1. The number of carbonyl (C=O) groups is 3. The van der Waals surface area contributed by atoms with Crippen LogP contribution < -0.4 is 0 Å². The van der Waals surface area contributed by atoms with Crippen LogP contribution >= 0.6 is 11.8 Å². The minimum absolute atomic E-state index is 0.00302. The molecule has 1 spiro atoms. The Morgan fingerprint density at radius 1 is 1.14 bits per heavy atom. The van der Waals surface area contributed by atoms with Crippen LogP contribution in [0.15, 0.2) is 49.6 Å². The number of rotatable bonds is 15. The van der Waals surface area contributed by atoms with E-state index in [4.69, 9.17) is 0 Å². The van der Waals surface area contributed by atoms with Crippen LogP contribution in [0.4, 0.5) is 0 Å². The van der Waals surface area contributed by atoms with Crippen molar-refractivity contribution in [2.45, 2.75) is 68.7 Å². The van der Waals surface area contributed by atoms with Crippen LogP contribution in [0.5, 0.6) is 0 Å². The zero-order chi connectivity index (χ0) is 30.7. The molecule has 0 aliphatic carbocycles. The minimum Gasteiger partial charge on any atom is -0.396 e. The summed E-state index contributed by atoms with van der Waals surface area (Å²) in [6.07, 6.45) is 7.10. The van der Waals surface area contributed by atoms with E-state index in [1.807, 2.05) is 36.1 Å². The second-order valence-electron chi connectivity index (χ2n) is 12.0. The highest BCUT2D eigenvalue weighted by molar-refractivity contribution is 8.02. The molecule has 3 unspecified atom stereocenters. The van der Waals surface area contributed by atoms with E-state index < -0.39 is 22.6 Å². The number of thioether (sulfide) groups is 1. The first-order chi connectivity index (χ1) is 20.8. The molecule has 3 aliphatic heterocycles. The van der Waals surface area contributed by atoms with Crippen LogP contribution in [0.3, 0.4) is 0 Å². The van der Waals surface area contributed by atoms with Crippen molar-refractivity contribution in [2.75, 3.05) is 32.8 Å². The van der Waals surface area contributed by atoms with Gasteiger partial charge in [-0.15, -0.1) is 30.0 Å². The summed E-state index contributed by atoms with van der Waals surface area (Å²) in [5.74, 6) is -1.20. The van der Waals surface area contributed by atoms with Gasteiger partial charge in [0.05, 0.1) is 22.1 Å². The normalized spacial score (nSPS) is 27.5. The molecule has 6 atom stereocenters. The van der Waals surface area contributed by atoms with E-state index in [-0.39, 0.29) is 48.7 Å². The van der Waals surface area contributed by atoms with Crippen molar-refractivity contribution in [3.63, 3.8) is 0 Å². The molecule has 1 aromatic heterocycles. The van der Waals surface area contributed by atoms with E-state index in [0.717, 1.165) is 30.3 Å². The van der Waals surface area contributed by atoms with E-state index in [1.165, 1.54) is 0 Å². The summed E-state index contributed by atoms with van der Waals surface area (Å²) in [5.41, 5.74) is 1.56. The Kier molecular flexibility index (Phi) is 9.60. The first-order valence-electron chi connectivity index (χ1n) is 15.5. The number of para-hydroxylation sites is 1. The van der Waals surface area contributed by atoms with Gasteiger partial charge in [-0.05, 0) is 50.2 Å². The van der Waals surface area contributed by atoms with E-state index in [1.54, 1.807) is 38.4 Å². The summed E-state index contributed by atoms with van der Waals surface area (Å²) < 4.78 is 1.01. The van der Waals surface area contributed by atoms with Gasteiger partial charge in [0.15, 0.2) is 0 Å². The van der Waals surface area contributed by atoms with Gasteiger partial charge in [-0.3, -0.25) is 14.4 Å². The molecule has 232 valence electrons. The van der Waals surface area contributed by atoms with Crippen LogP contribution in [-0.4, -0.2) is 101 Å². The summed E-state index contributed by atoms with van der Waals surface area (Å²) in [5, 5.41) is 17.9. The molecule has 1 aromatic carbocycles. The Labute approximate surface area is 258 Å². The van der Waals surface area contributed by atoms with Crippen LogP contribution in [0.1, 0.15) is 46.0 Å². The van der Waals surface area contributed by atoms with Gasteiger partial charge in [-0.25, -0.2) is 4.68 Å². The van der Waals surface area contributed by atoms with E-state index in [2.05, 4.69) is 30.4 Å². The maximum Gasteiger partial charge on any atom is 0.248 e. The SMILES string of the molecule is C=CCN(Cn1nnc2ccccc21)C(=O)C1N(CCCCCO)C(=O)[C@@H]2[C@H](C(=O)N(CC=C)CCC)[C@@H]3CC(C)C12S3. The van der Waals surface area contributed by atoms with Gasteiger partial charge in [-0.1, -0.05) is 43.3 Å². The van der Waals surface area contributed by atoms with Gasteiger partial charge in [0, 0.05) is 38.0 Å². The van der Waals surface area contributed by atoms with Crippen LogP contribution in [0, 0.1) is 17.8 Å². The number of benzene rings is 1. The molecule has 2 bridgehead atoms. The summed E-state index contributed by atoms with van der Waals surface area (Å²) in [7, 11) is 0. The smallest absolute Gasteiger partial charge is 0.248 e. The Bertz CT molecular complexity index is 1360. The van der Waals surface area contributed by atoms with Crippen molar-refractivity contribution in [2.24, 2.45) is 17.8 Å². The average molecular weight is 609 g/mol. The maximum atomic E-state index is 14.8. The second kappa shape index (κ2) is 13.2. The molecule has 3 amide bonds. The van der Waals surface area contributed by atoms with Crippen molar-refractivity contribution in [3.05, 3.63) is 49.6 Å². The third-order valence-electron chi connectivity index (χ3n) is 9.36. The fraction of sp³-hybridized carbons (Fsp3) is 0.594. The summed E-state index contributed by atoms with van der Waals surface area (Å²) in [6, 6.07) is 6.90. The van der Waals surface area contributed by atoms with Crippen molar-refractivity contribution in [3.8, 4) is 0 Å². The Morgan fingerprint density at radius 3 is 2.60 bits per heavy atom. The van der Waals surface area contributed by atoms with Crippen molar-refractivity contribution in [1.29, 1.82) is 0 Å². The highest BCUT2D eigenvalue weighted by Crippen LogP contribution is 2.69. The van der Waals surface area contributed by atoms with Gasteiger partial charge >= 0.3 is 0 Å². The maximum absolute atomic E-state index is 14.8. The number of hydrogen-bond acceptors (Lipinski definition) is 7. The molecule has 2 aromatic rings. The average Bonchev–Trinajstić information content (AvgIpc) is 3.72. The minimum atomic E-state index is -0.712. The Balaban J connectivity index is 1.52. The number of nitrogens with zero attached hydrogens (tertiary/aromatic N) is 6.